The van der Waals surface area contributed by atoms with Crippen molar-refractivity contribution in [3.05, 3.63) is 0 Å². The van der Waals surface area contributed by atoms with Crippen LogP contribution in [0.15, 0.2) is 0 Å². The first-order valence-electron chi connectivity index (χ1n) is 7.37. The topological polar surface area (TPSA) is 24.1 Å². The number of piperidine rings is 1. The first kappa shape index (κ1) is 13.4. The van der Waals surface area contributed by atoms with E-state index in [2.05, 4.69) is 38.3 Å². The van der Waals surface area contributed by atoms with E-state index in [0.717, 1.165) is 11.8 Å². The minimum absolute atomic E-state index is 0.534. The summed E-state index contributed by atoms with van der Waals surface area (Å²) >= 11 is 0. The predicted molar refractivity (Wildman–Crippen MR) is 74.1 cm³/mol. The zero-order valence-corrected chi connectivity index (χ0v) is 12.1. The third kappa shape index (κ3) is 2.68. The number of nitrogens with one attached hydrogen (secondary N) is 2. The monoisotopic (exact) mass is 238 g/mol. The quantitative estimate of drug-likeness (QED) is 0.720. The summed E-state index contributed by atoms with van der Waals surface area (Å²) in [4.78, 5) is 0. The Morgan fingerprint density at radius 3 is 2.41 bits per heavy atom. The predicted octanol–water partition coefficient (Wildman–Crippen LogP) is 2.65. The summed E-state index contributed by atoms with van der Waals surface area (Å²) in [6.07, 6.45) is 4.14. The van der Waals surface area contributed by atoms with Gasteiger partial charge in [0.15, 0.2) is 0 Å². The van der Waals surface area contributed by atoms with Crippen LogP contribution in [0.25, 0.3) is 0 Å². The summed E-state index contributed by atoms with van der Waals surface area (Å²) in [5.41, 5.74) is 1.07. The second-order valence-corrected chi connectivity index (χ2v) is 7.20. The SMILES string of the molecule is CC1(C)C(CNCCC2CCCNC2)C1(C)C. The van der Waals surface area contributed by atoms with Crippen LogP contribution in [-0.2, 0) is 0 Å². The van der Waals surface area contributed by atoms with Gasteiger partial charge >= 0.3 is 0 Å². The maximum atomic E-state index is 3.68. The summed E-state index contributed by atoms with van der Waals surface area (Å²) in [7, 11) is 0. The molecule has 1 unspecified atom stereocenters. The molecule has 0 spiro atoms. The van der Waals surface area contributed by atoms with E-state index in [1.54, 1.807) is 0 Å². The molecule has 2 fully saturated rings. The lowest BCUT2D eigenvalue weighted by Crippen LogP contribution is -2.32. The lowest BCUT2D eigenvalue weighted by molar-refractivity contribution is 0.349. The van der Waals surface area contributed by atoms with Crippen molar-refractivity contribution < 1.29 is 0 Å². The van der Waals surface area contributed by atoms with Gasteiger partial charge in [-0.25, -0.2) is 0 Å². The second-order valence-electron chi connectivity index (χ2n) is 7.20. The molecule has 2 aliphatic rings. The Labute approximate surface area is 107 Å². The van der Waals surface area contributed by atoms with Crippen molar-refractivity contribution in [3.63, 3.8) is 0 Å². The summed E-state index contributed by atoms with van der Waals surface area (Å²) in [6.45, 7) is 14.5. The van der Waals surface area contributed by atoms with Crippen LogP contribution in [0.1, 0.15) is 47.0 Å². The molecule has 0 aromatic rings. The van der Waals surface area contributed by atoms with Crippen LogP contribution >= 0.6 is 0 Å². The van der Waals surface area contributed by atoms with Gasteiger partial charge in [0.1, 0.15) is 0 Å². The summed E-state index contributed by atoms with van der Waals surface area (Å²) in [5.74, 6) is 1.77. The maximum Gasteiger partial charge on any atom is -0.000989 e. The fourth-order valence-corrected chi connectivity index (χ4v) is 3.57. The van der Waals surface area contributed by atoms with Crippen LogP contribution in [0, 0.1) is 22.7 Å². The largest absolute Gasteiger partial charge is 0.316 e. The fraction of sp³-hybridized carbons (Fsp3) is 1.00. The molecule has 1 atom stereocenters. The van der Waals surface area contributed by atoms with Crippen molar-refractivity contribution in [2.75, 3.05) is 26.2 Å². The maximum absolute atomic E-state index is 3.68. The van der Waals surface area contributed by atoms with Gasteiger partial charge in [-0.1, -0.05) is 27.7 Å². The molecule has 2 heteroatoms. The molecular formula is C15H30N2. The van der Waals surface area contributed by atoms with E-state index >= 15 is 0 Å². The summed E-state index contributed by atoms with van der Waals surface area (Å²) in [6, 6.07) is 0. The minimum atomic E-state index is 0.534. The van der Waals surface area contributed by atoms with Crippen LogP contribution in [0.2, 0.25) is 0 Å². The van der Waals surface area contributed by atoms with Crippen molar-refractivity contribution in [1.29, 1.82) is 0 Å². The van der Waals surface area contributed by atoms with Gasteiger partial charge in [-0.15, -0.1) is 0 Å². The van der Waals surface area contributed by atoms with E-state index in [1.807, 2.05) is 0 Å². The second kappa shape index (κ2) is 4.89. The van der Waals surface area contributed by atoms with Gasteiger partial charge in [-0.2, -0.15) is 0 Å². The molecule has 1 aliphatic carbocycles. The van der Waals surface area contributed by atoms with Crippen molar-refractivity contribution in [2.45, 2.75) is 47.0 Å². The van der Waals surface area contributed by atoms with E-state index in [9.17, 15) is 0 Å². The Kier molecular flexibility index (Phi) is 3.84. The lowest BCUT2D eigenvalue weighted by atomic mass is 9.96. The van der Waals surface area contributed by atoms with Crippen molar-refractivity contribution in [3.8, 4) is 0 Å². The highest BCUT2D eigenvalue weighted by atomic mass is 14.9. The van der Waals surface area contributed by atoms with Gasteiger partial charge in [-0.05, 0) is 68.1 Å². The molecule has 2 rings (SSSR count). The van der Waals surface area contributed by atoms with E-state index < -0.39 is 0 Å². The molecule has 0 bridgehead atoms. The molecule has 0 aromatic carbocycles. The van der Waals surface area contributed by atoms with Gasteiger partial charge in [0.05, 0.1) is 0 Å². The van der Waals surface area contributed by atoms with Gasteiger partial charge in [0.2, 0.25) is 0 Å². The molecule has 0 radical (unpaired) electrons. The Hall–Kier alpha value is -0.0800. The molecular weight excluding hydrogens is 208 g/mol. The molecule has 1 heterocycles. The third-order valence-electron chi connectivity index (χ3n) is 5.80. The van der Waals surface area contributed by atoms with Crippen LogP contribution in [-0.4, -0.2) is 26.2 Å². The van der Waals surface area contributed by atoms with Gasteiger partial charge in [0, 0.05) is 0 Å². The molecule has 1 aliphatic heterocycles. The smallest absolute Gasteiger partial charge is 0.000989 e. The highest BCUT2D eigenvalue weighted by molar-refractivity contribution is 5.12. The van der Waals surface area contributed by atoms with E-state index in [-0.39, 0.29) is 0 Å². The molecule has 2 nitrogen and oxygen atoms in total. The number of rotatable bonds is 5. The molecule has 1 saturated heterocycles. The Morgan fingerprint density at radius 1 is 1.18 bits per heavy atom. The Bertz CT molecular complexity index is 238. The number of hydrogen-bond acceptors (Lipinski definition) is 2. The first-order valence-corrected chi connectivity index (χ1v) is 7.37. The van der Waals surface area contributed by atoms with Gasteiger partial charge in [-0.3, -0.25) is 0 Å². The normalized spacial score (nSPS) is 31.4. The molecule has 0 aromatic heterocycles. The van der Waals surface area contributed by atoms with E-state index in [1.165, 1.54) is 45.4 Å². The molecule has 100 valence electrons. The van der Waals surface area contributed by atoms with E-state index in [4.69, 9.17) is 0 Å². The van der Waals surface area contributed by atoms with Crippen LogP contribution in [0.3, 0.4) is 0 Å². The molecule has 1 saturated carbocycles. The van der Waals surface area contributed by atoms with Crippen molar-refractivity contribution in [1.82, 2.24) is 10.6 Å². The highest BCUT2D eigenvalue weighted by Crippen LogP contribution is 2.67. The Morgan fingerprint density at radius 2 is 1.88 bits per heavy atom. The average Bonchev–Trinajstić information content (AvgIpc) is 2.67. The summed E-state index contributed by atoms with van der Waals surface area (Å²) < 4.78 is 0. The van der Waals surface area contributed by atoms with Crippen LogP contribution in [0.4, 0.5) is 0 Å². The zero-order chi connectivity index (χ0) is 12.5. The lowest BCUT2D eigenvalue weighted by Gasteiger charge is -2.22. The minimum Gasteiger partial charge on any atom is -0.316 e. The average molecular weight is 238 g/mol. The van der Waals surface area contributed by atoms with Gasteiger partial charge in [0.25, 0.3) is 0 Å². The van der Waals surface area contributed by atoms with Crippen molar-refractivity contribution >= 4 is 0 Å². The fourth-order valence-electron chi connectivity index (χ4n) is 3.57. The van der Waals surface area contributed by atoms with E-state index in [0.29, 0.717) is 10.8 Å². The summed E-state index contributed by atoms with van der Waals surface area (Å²) in [5, 5.41) is 7.17. The third-order valence-corrected chi connectivity index (χ3v) is 5.80. The molecule has 2 N–H and O–H groups in total. The van der Waals surface area contributed by atoms with Crippen LogP contribution in [0.5, 0.6) is 0 Å². The van der Waals surface area contributed by atoms with Crippen LogP contribution < -0.4 is 10.6 Å². The number of hydrogen-bond donors (Lipinski definition) is 2. The standard InChI is InChI=1S/C15H30N2/c1-14(2)13(15(14,3)4)11-17-9-7-12-6-5-8-16-10-12/h12-13,16-17H,5-11H2,1-4H3. The molecule has 0 amide bonds. The van der Waals surface area contributed by atoms with Gasteiger partial charge < -0.3 is 10.6 Å². The zero-order valence-electron chi connectivity index (χ0n) is 12.1. The van der Waals surface area contributed by atoms with Crippen molar-refractivity contribution in [2.24, 2.45) is 22.7 Å². The molecule has 17 heavy (non-hydrogen) atoms. The highest BCUT2D eigenvalue weighted by Gasteiger charge is 2.63. The first-order chi connectivity index (χ1) is 7.96. The Balaban J connectivity index is 1.58.